The van der Waals surface area contributed by atoms with Gasteiger partial charge in [-0.3, -0.25) is 9.78 Å². The quantitative estimate of drug-likeness (QED) is 0.281. The molecule has 3 heterocycles. The van der Waals surface area contributed by atoms with Gasteiger partial charge in [0.25, 0.3) is 0 Å². The van der Waals surface area contributed by atoms with Crippen molar-refractivity contribution in [2.24, 2.45) is 0 Å². The molecule has 1 aliphatic heterocycles. The van der Waals surface area contributed by atoms with Crippen LogP contribution in [0.4, 0.5) is 15.8 Å². The minimum Gasteiger partial charge on any atom is -0.459 e. The summed E-state index contributed by atoms with van der Waals surface area (Å²) in [6.07, 6.45) is 1.74. The molecule has 0 bridgehead atoms. The number of anilines is 2. The molecule has 4 aromatic rings. The zero-order valence-electron chi connectivity index (χ0n) is 18.5. The fourth-order valence-electron chi connectivity index (χ4n) is 4.18. The number of carbonyl (C=O) groups excluding carboxylic acids is 1. The molecule has 0 aliphatic carbocycles. The highest BCUT2D eigenvalue weighted by atomic mass is 79.9. The first kappa shape index (κ1) is 23.2. The molecular formula is C26H20BrFN4O2S. The van der Waals surface area contributed by atoms with Crippen LogP contribution in [0, 0.1) is 5.82 Å². The molecule has 0 saturated carbocycles. The van der Waals surface area contributed by atoms with Gasteiger partial charge in [0, 0.05) is 34.5 Å². The average Bonchev–Trinajstić information content (AvgIpc) is 3.44. The number of nitrogens with zero attached hydrogens (tertiary/aromatic N) is 2. The van der Waals surface area contributed by atoms with Crippen LogP contribution in [0.3, 0.4) is 0 Å². The van der Waals surface area contributed by atoms with Crippen molar-refractivity contribution in [3.63, 3.8) is 0 Å². The lowest BCUT2D eigenvalue weighted by Crippen LogP contribution is -2.29. The van der Waals surface area contributed by atoms with Crippen molar-refractivity contribution in [3.05, 3.63) is 101 Å². The van der Waals surface area contributed by atoms with Gasteiger partial charge in [-0.25, -0.2) is 4.39 Å². The second-order valence-electron chi connectivity index (χ2n) is 8.05. The number of carbonyl (C=O) groups is 1. The summed E-state index contributed by atoms with van der Waals surface area (Å²) in [4.78, 5) is 17.9. The van der Waals surface area contributed by atoms with E-state index in [0.717, 1.165) is 16.9 Å². The molecule has 2 N–H and O–H groups in total. The van der Waals surface area contributed by atoms with E-state index in [4.69, 9.17) is 16.6 Å². The topological polar surface area (TPSA) is 70.4 Å². The van der Waals surface area contributed by atoms with E-state index in [2.05, 4.69) is 31.5 Å². The first-order chi connectivity index (χ1) is 16.9. The molecular weight excluding hydrogens is 531 g/mol. The van der Waals surface area contributed by atoms with Crippen molar-refractivity contribution in [2.45, 2.75) is 19.0 Å². The number of pyridine rings is 1. The first-order valence-electron chi connectivity index (χ1n) is 10.8. The Hall–Kier alpha value is -3.56. The van der Waals surface area contributed by atoms with Crippen LogP contribution >= 0.6 is 28.1 Å². The van der Waals surface area contributed by atoms with Gasteiger partial charge in [0.1, 0.15) is 23.4 Å². The summed E-state index contributed by atoms with van der Waals surface area (Å²) in [5, 5.41) is 6.69. The molecule has 0 unspecified atom stereocenters. The van der Waals surface area contributed by atoms with E-state index in [1.54, 1.807) is 12.3 Å². The number of nitrogens with one attached hydrogen (secondary N) is 2. The average molecular weight is 551 g/mol. The Morgan fingerprint density at radius 2 is 1.94 bits per heavy atom. The van der Waals surface area contributed by atoms with Crippen molar-refractivity contribution in [3.8, 4) is 11.3 Å². The Bertz CT molecular complexity index is 1390. The van der Waals surface area contributed by atoms with Crippen LogP contribution in [0.25, 0.3) is 11.3 Å². The molecule has 1 aliphatic rings. The van der Waals surface area contributed by atoms with Crippen molar-refractivity contribution in [2.75, 3.05) is 10.2 Å². The molecule has 1 saturated heterocycles. The molecule has 2 aromatic carbocycles. The van der Waals surface area contributed by atoms with Gasteiger partial charge in [-0.05, 0) is 94.9 Å². The molecule has 2 aromatic heterocycles. The highest BCUT2D eigenvalue weighted by Gasteiger charge is 2.42. The maximum absolute atomic E-state index is 13.6. The highest BCUT2D eigenvalue weighted by molar-refractivity contribution is 9.10. The van der Waals surface area contributed by atoms with Gasteiger partial charge in [-0.1, -0.05) is 6.07 Å². The van der Waals surface area contributed by atoms with Gasteiger partial charge in [-0.15, -0.1) is 0 Å². The van der Waals surface area contributed by atoms with Crippen LogP contribution in [-0.2, 0) is 4.79 Å². The Labute approximate surface area is 215 Å². The van der Waals surface area contributed by atoms with E-state index in [9.17, 15) is 9.18 Å². The fourth-order valence-corrected chi connectivity index (χ4v) is 5.07. The van der Waals surface area contributed by atoms with E-state index in [1.165, 1.54) is 19.1 Å². The summed E-state index contributed by atoms with van der Waals surface area (Å²) >= 11 is 9.16. The number of amides is 1. The third kappa shape index (κ3) is 4.69. The summed E-state index contributed by atoms with van der Waals surface area (Å²) in [5.41, 5.74) is 3.09. The van der Waals surface area contributed by atoms with Crippen LogP contribution in [0.5, 0.6) is 0 Å². The molecule has 1 amide bonds. The third-order valence-electron chi connectivity index (χ3n) is 5.68. The highest BCUT2D eigenvalue weighted by Crippen LogP contribution is 2.43. The lowest BCUT2D eigenvalue weighted by atomic mass is 10.0. The molecule has 0 spiro atoms. The smallest absolute Gasteiger partial charge is 0.221 e. The van der Waals surface area contributed by atoms with Crippen LogP contribution in [0.15, 0.2) is 87.9 Å². The van der Waals surface area contributed by atoms with Crippen molar-refractivity contribution >= 4 is 50.5 Å². The number of furan rings is 1. The molecule has 1 fully saturated rings. The number of benzene rings is 2. The number of halogens is 2. The van der Waals surface area contributed by atoms with E-state index in [-0.39, 0.29) is 23.8 Å². The van der Waals surface area contributed by atoms with E-state index in [1.807, 2.05) is 59.5 Å². The third-order valence-corrected chi connectivity index (χ3v) is 6.65. The van der Waals surface area contributed by atoms with Gasteiger partial charge in [0.2, 0.25) is 5.91 Å². The lowest BCUT2D eigenvalue weighted by Gasteiger charge is -2.26. The molecule has 6 nitrogen and oxygen atoms in total. The monoisotopic (exact) mass is 550 g/mol. The summed E-state index contributed by atoms with van der Waals surface area (Å²) in [5.74, 6) is 0.803. The first-order valence-corrected chi connectivity index (χ1v) is 12.0. The lowest BCUT2D eigenvalue weighted by molar-refractivity contribution is -0.114. The summed E-state index contributed by atoms with van der Waals surface area (Å²) in [6.45, 7) is 1.47. The van der Waals surface area contributed by atoms with Crippen molar-refractivity contribution < 1.29 is 13.6 Å². The predicted octanol–water partition coefficient (Wildman–Crippen LogP) is 6.38. The van der Waals surface area contributed by atoms with Gasteiger partial charge in [0.05, 0.1) is 11.7 Å². The summed E-state index contributed by atoms with van der Waals surface area (Å²) < 4.78 is 20.5. The van der Waals surface area contributed by atoms with Crippen molar-refractivity contribution in [1.29, 1.82) is 0 Å². The van der Waals surface area contributed by atoms with Crippen molar-refractivity contribution in [1.82, 2.24) is 10.3 Å². The molecule has 0 radical (unpaired) electrons. The minimum atomic E-state index is -0.336. The molecule has 9 heteroatoms. The van der Waals surface area contributed by atoms with E-state index >= 15 is 0 Å². The minimum absolute atomic E-state index is 0.140. The standard InChI is InChI=1S/C26H20BrFN4O2S/c1-15(33)30-17-6-8-18(9-7-17)32-25(24(31-26(32)35)21-4-2-3-13-29-21)23-12-11-22(34-23)19-10-5-16(28)14-20(19)27/h2-14,24-25H,1H3,(H,30,33)(H,31,35)/t24-,25-/m0/s1. The Morgan fingerprint density at radius 3 is 2.63 bits per heavy atom. The number of rotatable bonds is 5. The van der Waals surface area contributed by atoms with Gasteiger partial charge >= 0.3 is 0 Å². The molecule has 176 valence electrons. The molecule has 5 rings (SSSR count). The normalized spacial score (nSPS) is 17.3. The van der Waals surface area contributed by atoms with Crippen LogP contribution in [-0.4, -0.2) is 16.0 Å². The summed E-state index contributed by atoms with van der Waals surface area (Å²) in [6, 6.07) is 20.8. The second kappa shape index (κ2) is 9.59. The van der Waals surface area contributed by atoms with E-state index in [0.29, 0.717) is 26.8 Å². The van der Waals surface area contributed by atoms with Gasteiger partial charge in [0.15, 0.2) is 5.11 Å². The number of aromatic nitrogens is 1. The number of thiocarbonyl (C=S) groups is 1. The predicted molar refractivity (Wildman–Crippen MR) is 140 cm³/mol. The van der Waals surface area contributed by atoms with Crippen LogP contribution in [0.2, 0.25) is 0 Å². The number of hydrogen-bond donors (Lipinski definition) is 2. The largest absolute Gasteiger partial charge is 0.459 e. The van der Waals surface area contributed by atoms with Crippen LogP contribution in [0.1, 0.15) is 30.5 Å². The maximum atomic E-state index is 13.6. The zero-order valence-corrected chi connectivity index (χ0v) is 20.9. The van der Waals surface area contributed by atoms with Gasteiger partial charge < -0.3 is 20.0 Å². The fraction of sp³-hybridized carbons (Fsp3) is 0.115. The zero-order chi connectivity index (χ0) is 24.5. The molecule has 35 heavy (non-hydrogen) atoms. The SMILES string of the molecule is CC(=O)Nc1ccc(N2C(=S)N[C@@H](c3ccccn3)[C@@H]2c2ccc(-c3ccc(F)cc3Br)o2)cc1. The van der Waals surface area contributed by atoms with Crippen LogP contribution < -0.4 is 15.5 Å². The number of hydrogen-bond acceptors (Lipinski definition) is 4. The summed E-state index contributed by atoms with van der Waals surface area (Å²) in [7, 11) is 0. The second-order valence-corrected chi connectivity index (χ2v) is 9.29. The Kier molecular flexibility index (Phi) is 6.36. The Morgan fingerprint density at radius 1 is 1.14 bits per heavy atom. The molecule has 2 atom stereocenters. The Balaban J connectivity index is 1.56. The van der Waals surface area contributed by atoms with Gasteiger partial charge in [-0.2, -0.15) is 0 Å². The van der Waals surface area contributed by atoms with E-state index < -0.39 is 0 Å². The maximum Gasteiger partial charge on any atom is 0.221 e.